The van der Waals surface area contributed by atoms with E-state index in [0.29, 0.717) is 22.9 Å². The first kappa shape index (κ1) is 13.9. The monoisotopic (exact) mass is 294 g/mol. The maximum absolute atomic E-state index is 12.1. The normalized spacial score (nSPS) is 10.2. The Kier molecular flexibility index (Phi) is 3.87. The Morgan fingerprint density at radius 3 is 2.36 bits per heavy atom. The number of nitrogens with zero attached hydrogens (tertiary/aromatic N) is 1. The highest BCUT2D eigenvalue weighted by molar-refractivity contribution is 6.03. The van der Waals surface area contributed by atoms with Crippen LogP contribution in [0.2, 0.25) is 0 Å². The molecule has 0 aliphatic carbocycles. The van der Waals surface area contributed by atoms with Crippen molar-refractivity contribution in [1.29, 1.82) is 0 Å². The van der Waals surface area contributed by atoms with Gasteiger partial charge in [0.15, 0.2) is 5.82 Å². The number of aryl methyl sites for hydroxylation is 1. The predicted octanol–water partition coefficient (Wildman–Crippen LogP) is 4.03. The van der Waals surface area contributed by atoms with Crippen molar-refractivity contribution >= 4 is 11.7 Å². The van der Waals surface area contributed by atoms with Crippen molar-refractivity contribution in [1.82, 2.24) is 5.16 Å². The SMILES string of the molecule is Cc1cc(NC(=O)c2ccc(Oc3ccccc3)cc2)no1. The lowest BCUT2D eigenvalue weighted by atomic mass is 10.2. The smallest absolute Gasteiger partial charge is 0.256 e. The molecule has 0 atom stereocenters. The van der Waals surface area contributed by atoms with Crippen molar-refractivity contribution in [3.8, 4) is 11.5 Å². The van der Waals surface area contributed by atoms with Gasteiger partial charge in [-0.05, 0) is 43.3 Å². The van der Waals surface area contributed by atoms with Crippen LogP contribution in [0, 0.1) is 6.92 Å². The highest BCUT2D eigenvalue weighted by atomic mass is 16.5. The van der Waals surface area contributed by atoms with Crippen LogP contribution < -0.4 is 10.1 Å². The van der Waals surface area contributed by atoms with Crippen LogP contribution >= 0.6 is 0 Å². The number of hydrogen-bond donors (Lipinski definition) is 1. The topological polar surface area (TPSA) is 64.4 Å². The standard InChI is InChI=1S/C17H14N2O3/c1-12-11-16(19-22-12)18-17(20)13-7-9-15(10-8-13)21-14-5-3-2-4-6-14/h2-11H,1H3,(H,18,19,20). The number of hydrogen-bond acceptors (Lipinski definition) is 4. The molecular weight excluding hydrogens is 280 g/mol. The lowest BCUT2D eigenvalue weighted by Crippen LogP contribution is -2.11. The van der Waals surface area contributed by atoms with Gasteiger partial charge in [0.05, 0.1) is 0 Å². The summed E-state index contributed by atoms with van der Waals surface area (Å²) in [5.74, 6) is 2.20. The summed E-state index contributed by atoms with van der Waals surface area (Å²) in [6, 6.07) is 18.0. The van der Waals surface area contributed by atoms with Gasteiger partial charge in [0.1, 0.15) is 17.3 Å². The average molecular weight is 294 g/mol. The van der Waals surface area contributed by atoms with Crippen LogP contribution in [0.15, 0.2) is 65.2 Å². The summed E-state index contributed by atoms with van der Waals surface area (Å²) in [7, 11) is 0. The van der Waals surface area contributed by atoms with E-state index in [0.717, 1.165) is 5.75 Å². The lowest BCUT2D eigenvalue weighted by Gasteiger charge is -2.06. The number of nitrogens with one attached hydrogen (secondary N) is 1. The summed E-state index contributed by atoms with van der Waals surface area (Å²) < 4.78 is 10.6. The molecule has 5 nitrogen and oxygen atoms in total. The summed E-state index contributed by atoms with van der Waals surface area (Å²) in [5, 5.41) is 6.39. The fraction of sp³-hybridized carbons (Fsp3) is 0.0588. The van der Waals surface area contributed by atoms with Crippen LogP contribution in [0.5, 0.6) is 11.5 Å². The second kappa shape index (κ2) is 6.13. The molecule has 0 bridgehead atoms. The summed E-state index contributed by atoms with van der Waals surface area (Å²) in [5.41, 5.74) is 0.515. The molecule has 0 saturated carbocycles. The minimum Gasteiger partial charge on any atom is -0.457 e. The van der Waals surface area contributed by atoms with Crippen LogP contribution in [0.1, 0.15) is 16.1 Å². The molecule has 2 aromatic carbocycles. The molecule has 0 aliphatic rings. The van der Waals surface area contributed by atoms with Gasteiger partial charge in [-0.15, -0.1) is 0 Å². The van der Waals surface area contributed by atoms with E-state index in [4.69, 9.17) is 9.26 Å². The summed E-state index contributed by atoms with van der Waals surface area (Å²) in [4.78, 5) is 12.1. The largest absolute Gasteiger partial charge is 0.457 e. The molecule has 22 heavy (non-hydrogen) atoms. The molecule has 0 fully saturated rings. The zero-order valence-corrected chi connectivity index (χ0v) is 11.9. The number of para-hydroxylation sites is 1. The molecule has 1 heterocycles. The third-order valence-electron chi connectivity index (χ3n) is 2.96. The van der Waals surface area contributed by atoms with Crippen molar-refractivity contribution in [2.45, 2.75) is 6.92 Å². The van der Waals surface area contributed by atoms with E-state index in [2.05, 4.69) is 10.5 Å². The first-order valence-electron chi connectivity index (χ1n) is 6.78. The second-order valence-electron chi connectivity index (χ2n) is 4.72. The highest BCUT2D eigenvalue weighted by Crippen LogP contribution is 2.21. The quantitative estimate of drug-likeness (QED) is 0.789. The maximum Gasteiger partial charge on any atom is 0.256 e. The van der Waals surface area contributed by atoms with E-state index in [9.17, 15) is 4.79 Å². The average Bonchev–Trinajstić information content (AvgIpc) is 2.94. The molecule has 1 N–H and O–H groups in total. The van der Waals surface area contributed by atoms with Gasteiger partial charge in [0, 0.05) is 11.6 Å². The Morgan fingerprint density at radius 1 is 1.05 bits per heavy atom. The number of amides is 1. The van der Waals surface area contributed by atoms with E-state index in [1.54, 1.807) is 37.3 Å². The summed E-state index contributed by atoms with van der Waals surface area (Å²) in [6.45, 7) is 1.76. The van der Waals surface area contributed by atoms with Crippen molar-refractivity contribution < 1.29 is 14.1 Å². The maximum atomic E-state index is 12.1. The van der Waals surface area contributed by atoms with Crippen LogP contribution in [0.4, 0.5) is 5.82 Å². The number of carbonyl (C=O) groups is 1. The molecule has 1 amide bonds. The zero-order valence-electron chi connectivity index (χ0n) is 11.9. The lowest BCUT2D eigenvalue weighted by molar-refractivity contribution is 0.102. The fourth-order valence-corrected chi connectivity index (χ4v) is 1.91. The van der Waals surface area contributed by atoms with E-state index in [-0.39, 0.29) is 5.91 Å². The van der Waals surface area contributed by atoms with Gasteiger partial charge in [-0.2, -0.15) is 0 Å². The van der Waals surface area contributed by atoms with Crippen molar-refractivity contribution in [2.24, 2.45) is 0 Å². The Hall–Kier alpha value is -3.08. The Bertz CT molecular complexity index is 764. The van der Waals surface area contributed by atoms with Crippen molar-refractivity contribution in [3.63, 3.8) is 0 Å². The number of rotatable bonds is 4. The van der Waals surface area contributed by atoms with E-state index < -0.39 is 0 Å². The van der Waals surface area contributed by atoms with E-state index in [1.807, 2.05) is 30.3 Å². The molecule has 0 unspecified atom stereocenters. The Morgan fingerprint density at radius 2 is 1.73 bits per heavy atom. The molecule has 0 spiro atoms. The predicted molar refractivity (Wildman–Crippen MR) is 82.2 cm³/mol. The molecule has 3 aromatic rings. The van der Waals surface area contributed by atoms with Crippen LogP contribution in [0.3, 0.4) is 0 Å². The molecule has 5 heteroatoms. The Balaban J connectivity index is 1.67. The van der Waals surface area contributed by atoms with Crippen LogP contribution in [0.25, 0.3) is 0 Å². The van der Waals surface area contributed by atoms with Gasteiger partial charge in [-0.25, -0.2) is 0 Å². The van der Waals surface area contributed by atoms with Crippen molar-refractivity contribution in [2.75, 3.05) is 5.32 Å². The highest BCUT2D eigenvalue weighted by Gasteiger charge is 2.09. The third-order valence-corrected chi connectivity index (χ3v) is 2.96. The van der Waals surface area contributed by atoms with Crippen molar-refractivity contribution in [3.05, 3.63) is 72.0 Å². The zero-order chi connectivity index (χ0) is 15.4. The summed E-state index contributed by atoms with van der Waals surface area (Å²) >= 11 is 0. The summed E-state index contributed by atoms with van der Waals surface area (Å²) in [6.07, 6.45) is 0. The molecule has 0 radical (unpaired) electrons. The number of aromatic nitrogens is 1. The van der Waals surface area contributed by atoms with Gasteiger partial charge in [0.2, 0.25) is 0 Å². The second-order valence-corrected chi connectivity index (χ2v) is 4.72. The molecule has 0 aliphatic heterocycles. The van der Waals surface area contributed by atoms with Gasteiger partial charge in [0.25, 0.3) is 5.91 Å². The number of benzene rings is 2. The minimum atomic E-state index is -0.250. The van der Waals surface area contributed by atoms with E-state index >= 15 is 0 Å². The first-order valence-corrected chi connectivity index (χ1v) is 6.78. The van der Waals surface area contributed by atoms with Crippen LogP contribution in [-0.4, -0.2) is 11.1 Å². The number of anilines is 1. The molecule has 1 aromatic heterocycles. The van der Waals surface area contributed by atoms with Gasteiger partial charge >= 0.3 is 0 Å². The first-order chi connectivity index (χ1) is 10.7. The number of ether oxygens (including phenoxy) is 1. The minimum absolute atomic E-state index is 0.250. The van der Waals surface area contributed by atoms with Gasteiger partial charge < -0.3 is 14.6 Å². The van der Waals surface area contributed by atoms with Crippen LogP contribution in [-0.2, 0) is 0 Å². The Labute approximate surface area is 127 Å². The van der Waals surface area contributed by atoms with Gasteiger partial charge in [-0.1, -0.05) is 23.4 Å². The van der Waals surface area contributed by atoms with E-state index in [1.165, 1.54) is 0 Å². The van der Waals surface area contributed by atoms with Gasteiger partial charge in [-0.3, -0.25) is 4.79 Å². The number of carbonyl (C=O) groups excluding carboxylic acids is 1. The molecule has 0 saturated heterocycles. The molecule has 110 valence electrons. The third kappa shape index (κ3) is 3.32. The fourth-order valence-electron chi connectivity index (χ4n) is 1.91. The molecule has 3 rings (SSSR count). The molecular formula is C17H14N2O3.